The summed E-state index contributed by atoms with van der Waals surface area (Å²) in [4.78, 5) is 42.2. The maximum absolute atomic E-state index is 13.4. The highest BCUT2D eigenvalue weighted by atomic mass is 16.5. The number of nitrogens with one attached hydrogen (secondary N) is 2. The number of H-pyrrole nitrogens is 1. The van der Waals surface area contributed by atoms with Crippen molar-refractivity contribution in [1.29, 1.82) is 0 Å². The predicted octanol–water partition coefficient (Wildman–Crippen LogP) is 2.22. The summed E-state index contributed by atoms with van der Waals surface area (Å²) in [5.74, 6) is -0.379. The van der Waals surface area contributed by atoms with Crippen molar-refractivity contribution in [1.82, 2.24) is 15.2 Å². The molecule has 2 atom stereocenters. The van der Waals surface area contributed by atoms with Crippen LogP contribution in [-0.4, -0.2) is 52.5 Å². The first-order chi connectivity index (χ1) is 13.4. The number of pyridine rings is 1. The molecule has 7 heteroatoms. The Morgan fingerprint density at radius 1 is 1.25 bits per heavy atom. The highest BCUT2D eigenvalue weighted by molar-refractivity contribution is 5.99. The fourth-order valence-corrected chi connectivity index (χ4v) is 4.08. The number of carbonyl (C=O) groups excluding carboxylic acids is 2. The molecule has 0 bridgehead atoms. The highest BCUT2D eigenvalue weighted by Gasteiger charge is 2.43. The molecule has 7 nitrogen and oxygen atoms in total. The van der Waals surface area contributed by atoms with Crippen LogP contribution >= 0.6 is 0 Å². The molecule has 2 heterocycles. The lowest BCUT2D eigenvalue weighted by Crippen LogP contribution is -2.61. The van der Waals surface area contributed by atoms with Gasteiger partial charge in [0.25, 0.3) is 5.91 Å². The minimum absolute atomic E-state index is 0.0723. The van der Waals surface area contributed by atoms with Gasteiger partial charge < -0.3 is 19.9 Å². The molecule has 0 aromatic carbocycles. The summed E-state index contributed by atoms with van der Waals surface area (Å²) < 4.78 is 5.76. The molecule has 2 aliphatic rings. The van der Waals surface area contributed by atoms with Gasteiger partial charge in [0.1, 0.15) is 5.54 Å². The first kappa shape index (κ1) is 20.6. The van der Waals surface area contributed by atoms with Crippen LogP contribution in [0.5, 0.6) is 0 Å². The van der Waals surface area contributed by atoms with Gasteiger partial charge in [-0.2, -0.15) is 0 Å². The minimum Gasteiger partial charge on any atom is -0.376 e. The third kappa shape index (κ3) is 4.46. The third-order valence-electron chi connectivity index (χ3n) is 6.15. The van der Waals surface area contributed by atoms with Crippen LogP contribution in [0.1, 0.15) is 69.2 Å². The SMILES string of the molecule is CC[C@](C)(C(=O)NC1CCCC1)N(C[C@@H]1CCCO1)C(=O)c1ccc(=O)[nH]c1. The second kappa shape index (κ2) is 8.90. The van der Waals surface area contributed by atoms with Gasteiger partial charge in [0.2, 0.25) is 11.5 Å². The zero-order chi connectivity index (χ0) is 20.1. The molecule has 2 fully saturated rings. The van der Waals surface area contributed by atoms with Gasteiger partial charge in [-0.05, 0) is 45.1 Å². The number of ether oxygens (including phenoxy) is 1. The first-order valence-corrected chi connectivity index (χ1v) is 10.4. The van der Waals surface area contributed by atoms with Crippen LogP contribution in [0, 0.1) is 0 Å². The van der Waals surface area contributed by atoms with Gasteiger partial charge in [0.05, 0.1) is 11.7 Å². The van der Waals surface area contributed by atoms with Crippen LogP contribution in [0.4, 0.5) is 0 Å². The number of aromatic amines is 1. The van der Waals surface area contributed by atoms with Crippen molar-refractivity contribution in [3.8, 4) is 0 Å². The van der Waals surface area contributed by atoms with Gasteiger partial charge in [-0.1, -0.05) is 19.8 Å². The molecule has 1 saturated carbocycles. The van der Waals surface area contributed by atoms with Crippen molar-refractivity contribution < 1.29 is 14.3 Å². The zero-order valence-corrected chi connectivity index (χ0v) is 16.8. The smallest absolute Gasteiger partial charge is 0.256 e. The van der Waals surface area contributed by atoms with Crippen molar-refractivity contribution in [2.75, 3.05) is 13.2 Å². The Morgan fingerprint density at radius 3 is 2.57 bits per heavy atom. The quantitative estimate of drug-likeness (QED) is 0.748. The molecule has 0 spiro atoms. The predicted molar refractivity (Wildman–Crippen MR) is 106 cm³/mol. The third-order valence-corrected chi connectivity index (χ3v) is 6.15. The molecular formula is C21H31N3O4. The second-order valence-electron chi connectivity index (χ2n) is 8.07. The summed E-state index contributed by atoms with van der Waals surface area (Å²) in [6.45, 7) is 4.80. The van der Waals surface area contributed by atoms with E-state index in [1.807, 2.05) is 13.8 Å². The van der Waals surface area contributed by atoms with E-state index in [0.717, 1.165) is 38.5 Å². The van der Waals surface area contributed by atoms with E-state index < -0.39 is 5.54 Å². The molecule has 1 aromatic rings. The summed E-state index contributed by atoms with van der Waals surface area (Å²) in [6.07, 6.45) is 7.91. The molecule has 0 unspecified atom stereocenters. The number of rotatable bonds is 7. The summed E-state index contributed by atoms with van der Waals surface area (Å²) in [5.41, 5.74) is -0.882. The number of hydrogen-bond acceptors (Lipinski definition) is 4. The molecule has 1 aromatic heterocycles. The molecule has 154 valence electrons. The molecule has 2 amide bonds. The summed E-state index contributed by atoms with van der Waals surface area (Å²) in [6, 6.07) is 3.03. The van der Waals surface area contributed by atoms with Crippen molar-refractivity contribution >= 4 is 11.8 Å². The van der Waals surface area contributed by atoms with Gasteiger partial charge >= 0.3 is 0 Å². The molecule has 0 radical (unpaired) electrons. The second-order valence-corrected chi connectivity index (χ2v) is 8.07. The summed E-state index contributed by atoms with van der Waals surface area (Å²) in [5, 5.41) is 3.16. The monoisotopic (exact) mass is 389 g/mol. The summed E-state index contributed by atoms with van der Waals surface area (Å²) in [7, 11) is 0. The molecule has 1 saturated heterocycles. The fourth-order valence-electron chi connectivity index (χ4n) is 4.08. The topological polar surface area (TPSA) is 91.5 Å². The minimum atomic E-state index is -0.984. The lowest BCUT2D eigenvalue weighted by molar-refractivity contribution is -0.133. The maximum Gasteiger partial charge on any atom is 0.256 e. The van der Waals surface area contributed by atoms with Crippen molar-refractivity contribution in [3.05, 3.63) is 34.2 Å². The maximum atomic E-state index is 13.4. The van der Waals surface area contributed by atoms with E-state index in [2.05, 4.69) is 10.3 Å². The fraction of sp³-hybridized carbons (Fsp3) is 0.667. The molecule has 2 N–H and O–H groups in total. The Morgan fingerprint density at radius 2 is 2.00 bits per heavy atom. The van der Waals surface area contributed by atoms with E-state index in [4.69, 9.17) is 4.74 Å². The van der Waals surface area contributed by atoms with Crippen molar-refractivity contribution in [3.63, 3.8) is 0 Å². The van der Waals surface area contributed by atoms with E-state index in [1.165, 1.54) is 18.3 Å². The van der Waals surface area contributed by atoms with Gasteiger partial charge in [-0.25, -0.2) is 0 Å². The van der Waals surface area contributed by atoms with Gasteiger partial charge in [0, 0.05) is 31.5 Å². The van der Waals surface area contributed by atoms with Gasteiger partial charge in [0.15, 0.2) is 0 Å². The van der Waals surface area contributed by atoms with Crippen LogP contribution < -0.4 is 10.9 Å². The summed E-state index contributed by atoms with van der Waals surface area (Å²) >= 11 is 0. The van der Waals surface area contributed by atoms with Gasteiger partial charge in [-0.15, -0.1) is 0 Å². The Balaban J connectivity index is 1.87. The first-order valence-electron chi connectivity index (χ1n) is 10.4. The number of aromatic nitrogens is 1. The van der Waals surface area contributed by atoms with Crippen LogP contribution in [0.3, 0.4) is 0 Å². The van der Waals surface area contributed by atoms with E-state index in [0.29, 0.717) is 25.1 Å². The van der Waals surface area contributed by atoms with Gasteiger partial charge in [-0.3, -0.25) is 14.4 Å². The van der Waals surface area contributed by atoms with E-state index >= 15 is 0 Å². The van der Waals surface area contributed by atoms with E-state index in [1.54, 1.807) is 4.90 Å². The van der Waals surface area contributed by atoms with Crippen LogP contribution in [0.2, 0.25) is 0 Å². The largest absolute Gasteiger partial charge is 0.376 e. The lowest BCUT2D eigenvalue weighted by Gasteiger charge is -2.41. The number of carbonyl (C=O) groups is 2. The normalized spacial score (nSPS) is 22.0. The van der Waals surface area contributed by atoms with Crippen LogP contribution in [0.15, 0.2) is 23.1 Å². The molecule has 28 heavy (non-hydrogen) atoms. The number of amides is 2. The number of hydrogen-bond donors (Lipinski definition) is 2. The van der Waals surface area contributed by atoms with Crippen LogP contribution in [-0.2, 0) is 9.53 Å². The van der Waals surface area contributed by atoms with Crippen molar-refractivity contribution in [2.24, 2.45) is 0 Å². The highest BCUT2D eigenvalue weighted by Crippen LogP contribution is 2.27. The average molecular weight is 389 g/mol. The molecule has 1 aliphatic carbocycles. The standard InChI is InChI=1S/C21H31N3O4/c1-3-21(2,20(27)23-16-7-4-5-8-16)24(14-17-9-6-12-28-17)19(26)15-10-11-18(25)22-13-15/h10-11,13,16-17H,3-9,12,14H2,1-2H3,(H,22,25)(H,23,27)/t17-,21+/m0/s1. The number of nitrogens with zero attached hydrogens (tertiary/aromatic N) is 1. The van der Waals surface area contributed by atoms with E-state index in [-0.39, 0.29) is 29.5 Å². The Hall–Kier alpha value is -2.15. The Kier molecular flexibility index (Phi) is 6.54. The van der Waals surface area contributed by atoms with E-state index in [9.17, 15) is 14.4 Å². The molecular weight excluding hydrogens is 358 g/mol. The Bertz CT molecular complexity index is 730. The molecule has 1 aliphatic heterocycles. The Labute approximate surface area is 165 Å². The van der Waals surface area contributed by atoms with Crippen molar-refractivity contribution in [2.45, 2.75) is 76.5 Å². The molecule has 3 rings (SSSR count). The van der Waals surface area contributed by atoms with Crippen LogP contribution in [0.25, 0.3) is 0 Å². The lowest BCUT2D eigenvalue weighted by atomic mass is 9.92. The average Bonchev–Trinajstić information content (AvgIpc) is 3.39. The zero-order valence-electron chi connectivity index (χ0n) is 16.8.